The lowest BCUT2D eigenvalue weighted by molar-refractivity contribution is -0.123. The molecule has 0 fully saturated rings. The highest BCUT2D eigenvalue weighted by Crippen LogP contribution is 2.27. The van der Waals surface area contributed by atoms with E-state index in [1.165, 1.54) is 12.1 Å². The van der Waals surface area contributed by atoms with Gasteiger partial charge in [0.1, 0.15) is 5.75 Å². The second-order valence-corrected chi connectivity index (χ2v) is 7.26. The summed E-state index contributed by atoms with van der Waals surface area (Å²) in [6, 6.07) is 9.39. The number of nitrogens with zero attached hydrogens (tertiary/aromatic N) is 1. The standard InChI is InChI=1S/C18H15Cl4N3O3/c1-10(6-17(26)23-12-3-4-13(20)14(21)8-12)24-25-18(27)9-28-16-5-2-11(19)7-15(16)22/h2-5,7-8H,6,9H2,1H3,(H,23,26)(H,25,27)/b24-10-. The molecule has 0 unspecified atom stereocenters. The minimum absolute atomic E-state index is 0.0234. The number of halogens is 4. The minimum atomic E-state index is -0.504. The van der Waals surface area contributed by atoms with E-state index >= 15 is 0 Å². The molecule has 0 aliphatic heterocycles. The van der Waals surface area contributed by atoms with Crippen LogP contribution in [-0.4, -0.2) is 24.1 Å². The Bertz CT molecular complexity index is 919. The predicted molar refractivity (Wildman–Crippen MR) is 113 cm³/mol. The van der Waals surface area contributed by atoms with Crippen LogP contribution in [0.5, 0.6) is 5.75 Å². The third kappa shape index (κ3) is 7.20. The number of carbonyl (C=O) groups is 2. The fourth-order valence-corrected chi connectivity index (χ4v) is 2.74. The van der Waals surface area contributed by atoms with Gasteiger partial charge in [0.05, 0.1) is 21.5 Å². The zero-order valence-corrected chi connectivity index (χ0v) is 17.6. The second-order valence-electron chi connectivity index (χ2n) is 5.60. The molecule has 28 heavy (non-hydrogen) atoms. The molecule has 0 radical (unpaired) electrons. The lowest BCUT2D eigenvalue weighted by Crippen LogP contribution is -2.26. The lowest BCUT2D eigenvalue weighted by Gasteiger charge is -2.08. The van der Waals surface area contributed by atoms with E-state index in [9.17, 15) is 9.59 Å². The maximum atomic E-state index is 12.0. The van der Waals surface area contributed by atoms with Crippen LogP contribution in [0.25, 0.3) is 0 Å². The van der Waals surface area contributed by atoms with E-state index in [2.05, 4.69) is 15.8 Å². The maximum absolute atomic E-state index is 12.0. The van der Waals surface area contributed by atoms with Crippen LogP contribution >= 0.6 is 46.4 Å². The van der Waals surface area contributed by atoms with Crippen LogP contribution in [-0.2, 0) is 9.59 Å². The fourth-order valence-electron chi connectivity index (χ4n) is 1.98. The van der Waals surface area contributed by atoms with Crippen molar-refractivity contribution in [2.75, 3.05) is 11.9 Å². The van der Waals surface area contributed by atoms with Crippen molar-refractivity contribution >= 4 is 69.6 Å². The Labute approximate surface area is 181 Å². The molecular formula is C18H15Cl4N3O3. The molecule has 0 bridgehead atoms. The van der Waals surface area contributed by atoms with Crippen LogP contribution in [0.3, 0.4) is 0 Å². The van der Waals surface area contributed by atoms with Crippen LogP contribution < -0.4 is 15.5 Å². The molecule has 0 aliphatic carbocycles. The molecule has 2 aromatic carbocycles. The summed E-state index contributed by atoms with van der Waals surface area (Å²) in [6.45, 7) is 1.30. The first-order chi connectivity index (χ1) is 13.2. The van der Waals surface area contributed by atoms with E-state index in [4.69, 9.17) is 51.1 Å². The van der Waals surface area contributed by atoms with Crippen molar-refractivity contribution in [2.24, 2.45) is 5.10 Å². The van der Waals surface area contributed by atoms with Gasteiger partial charge in [-0.05, 0) is 43.3 Å². The summed E-state index contributed by atoms with van der Waals surface area (Å²) in [4.78, 5) is 23.8. The zero-order chi connectivity index (χ0) is 20.7. The van der Waals surface area contributed by atoms with E-state index in [-0.39, 0.29) is 18.9 Å². The average molecular weight is 463 g/mol. The molecule has 0 aliphatic rings. The largest absolute Gasteiger partial charge is 0.482 e. The number of hydrazone groups is 1. The molecule has 2 N–H and O–H groups in total. The summed E-state index contributed by atoms with van der Waals surface area (Å²) in [5.41, 5.74) is 3.21. The first kappa shape index (κ1) is 22.3. The number of hydrogen-bond acceptors (Lipinski definition) is 4. The third-order valence-corrected chi connectivity index (χ3v) is 4.51. The van der Waals surface area contributed by atoms with Crippen molar-refractivity contribution in [1.82, 2.24) is 5.43 Å². The first-order valence-corrected chi connectivity index (χ1v) is 9.40. The van der Waals surface area contributed by atoms with Crippen molar-refractivity contribution < 1.29 is 14.3 Å². The highest BCUT2D eigenvalue weighted by molar-refractivity contribution is 6.42. The van der Waals surface area contributed by atoms with Crippen LogP contribution in [0, 0.1) is 0 Å². The van der Waals surface area contributed by atoms with Gasteiger partial charge in [-0.2, -0.15) is 5.10 Å². The summed E-state index contributed by atoms with van der Waals surface area (Å²) in [5, 5.41) is 7.99. The van der Waals surface area contributed by atoms with Crippen LogP contribution in [0.4, 0.5) is 5.69 Å². The van der Waals surface area contributed by atoms with Crippen LogP contribution in [0.2, 0.25) is 20.1 Å². The topological polar surface area (TPSA) is 79.8 Å². The molecule has 0 saturated carbocycles. The number of anilines is 1. The number of carbonyl (C=O) groups excluding carboxylic acids is 2. The highest BCUT2D eigenvalue weighted by Gasteiger charge is 2.09. The third-order valence-electron chi connectivity index (χ3n) is 3.24. The summed E-state index contributed by atoms with van der Waals surface area (Å²) in [5.74, 6) is -0.503. The van der Waals surface area contributed by atoms with Crippen molar-refractivity contribution in [3.63, 3.8) is 0 Å². The Morgan fingerprint density at radius 1 is 0.964 bits per heavy atom. The van der Waals surface area contributed by atoms with Crippen molar-refractivity contribution in [3.8, 4) is 5.75 Å². The van der Waals surface area contributed by atoms with Gasteiger partial charge in [-0.15, -0.1) is 0 Å². The normalized spacial score (nSPS) is 11.1. The molecule has 0 heterocycles. The van der Waals surface area contributed by atoms with Gasteiger partial charge in [-0.1, -0.05) is 46.4 Å². The molecule has 2 rings (SSSR count). The van der Waals surface area contributed by atoms with Gasteiger partial charge in [-0.25, -0.2) is 5.43 Å². The van der Waals surface area contributed by atoms with Gasteiger partial charge in [-0.3, -0.25) is 9.59 Å². The Kier molecular flexibility index (Phi) is 8.38. The minimum Gasteiger partial charge on any atom is -0.482 e. The van der Waals surface area contributed by atoms with E-state index in [0.29, 0.717) is 37.2 Å². The number of amides is 2. The van der Waals surface area contributed by atoms with Gasteiger partial charge in [0, 0.05) is 16.4 Å². The number of nitrogens with one attached hydrogen (secondary N) is 2. The molecule has 0 spiro atoms. The Morgan fingerprint density at radius 2 is 1.71 bits per heavy atom. The van der Waals surface area contributed by atoms with Crippen molar-refractivity contribution in [2.45, 2.75) is 13.3 Å². The molecule has 10 heteroatoms. The van der Waals surface area contributed by atoms with Gasteiger partial charge >= 0.3 is 0 Å². The molecular weight excluding hydrogens is 448 g/mol. The zero-order valence-electron chi connectivity index (χ0n) is 14.6. The Hall–Kier alpha value is -1.99. The van der Waals surface area contributed by atoms with Crippen LogP contribution in [0.15, 0.2) is 41.5 Å². The summed E-state index contributed by atoms with van der Waals surface area (Å²) in [7, 11) is 0. The summed E-state index contributed by atoms with van der Waals surface area (Å²) < 4.78 is 5.29. The van der Waals surface area contributed by atoms with Gasteiger partial charge in [0.15, 0.2) is 6.61 Å². The molecule has 148 valence electrons. The quantitative estimate of drug-likeness (QED) is 0.438. The summed E-state index contributed by atoms with van der Waals surface area (Å²) >= 11 is 23.5. The van der Waals surface area contributed by atoms with Gasteiger partial charge in [0.25, 0.3) is 5.91 Å². The Morgan fingerprint density at radius 3 is 2.39 bits per heavy atom. The second kappa shape index (κ2) is 10.5. The Balaban J connectivity index is 1.79. The monoisotopic (exact) mass is 461 g/mol. The van der Waals surface area contributed by atoms with Gasteiger partial charge in [0.2, 0.25) is 5.91 Å². The summed E-state index contributed by atoms with van der Waals surface area (Å²) in [6.07, 6.45) is -0.0234. The SMILES string of the molecule is C/C(CC(=O)Nc1ccc(Cl)c(Cl)c1)=N/NC(=O)COc1ccc(Cl)cc1Cl. The van der Waals surface area contributed by atoms with Crippen molar-refractivity contribution in [1.29, 1.82) is 0 Å². The lowest BCUT2D eigenvalue weighted by atomic mass is 10.2. The van der Waals surface area contributed by atoms with E-state index < -0.39 is 5.91 Å². The molecule has 0 aromatic heterocycles. The number of rotatable bonds is 7. The van der Waals surface area contributed by atoms with Crippen molar-refractivity contribution in [3.05, 3.63) is 56.5 Å². The number of ether oxygens (including phenoxy) is 1. The number of benzene rings is 2. The van der Waals surface area contributed by atoms with E-state index in [0.717, 1.165) is 0 Å². The van der Waals surface area contributed by atoms with E-state index in [1.807, 2.05) is 0 Å². The van der Waals surface area contributed by atoms with Crippen LogP contribution in [0.1, 0.15) is 13.3 Å². The van der Waals surface area contributed by atoms with Gasteiger partial charge < -0.3 is 10.1 Å². The molecule has 0 atom stereocenters. The first-order valence-electron chi connectivity index (χ1n) is 7.89. The predicted octanol–water partition coefficient (Wildman–Crippen LogP) is 5.20. The molecule has 2 aromatic rings. The fraction of sp³-hybridized carbons (Fsp3) is 0.167. The van der Waals surface area contributed by atoms with E-state index in [1.54, 1.807) is 31.2 Å². The number of hydrogen-bond donors (Lipinski definition) is 2. The average Bonchev–Trinajstić information content (AvgIpc) is 2.62. The smallest absolute Gasteiger partial charge is 0.277 e. The maximum Gasteiger partial charge on any atom is 0.277 e. The molecule has 2 amide bonds. The highest BCUT2D eigenvalue weighted by atomic mass is 35.5. The molecule has 0 saturated heterocycles. The molecule has 6 nitrogen and oxygen atoms in total.